The molecule has 0 atom stereocenters. The molecule has 0 unspecified atom stereocenters. The first-order valence-corrected chi connectivity index (χ1v) is 1.81. The number of H-pyrrole nitrogens is 1. The number of aromatic amines is 1. The van der Waals surface area contributed by atoms with Crippen LogP contribution < -0.4 is 5.69 Å². The molecular weight excluding hydrogens is 96.0 g/mol. The predicted octanol–water partition coefficient (Wildman–Crippen LogP) is -0.0827. The highest BCUT2D eigenvalue weighted by Crippen LogP contribution is 1.76. The normalized spacial score (nSPS) is 9.29. The van der Waals surface area contributed by atoms with Crippen LogP contribution in [0.4, 0.5) is 0 Å². The van der Waals surface area contributed by atoms with E-state index in [1.54, 1.807) is 6.92 Å². The van der Waals surface area contributed by atoms with Gasteiger partial charge in [-0.25, -0.2) is 4.79 Å². The van der Waals surface area contributed by atoms with Crippen LogP contribution in [0.5, 0.6) is 0 Å². The van der Waals surface area contributed by atoms with Crippen LogP contribution in [0, 0.1) is 6.92 Å². The fourth-order valence-electron chi connectivity index (χ4n) is 0.306. The molecule has 0 aliphatic heterocycles. The molecule has 7 heavy (non-hydrogen) atoms. The van der Waals surface area contributed by atoms with Crippen molar-refractivity contribution in [2.75, 3.05) is 0 Å². The lowest BCUT2D eigenvalue weighted by Crippen LogP contribution is -1.99. The van der Waals surface area contributed by atoms with E-state index in [9.17, 15) is 4.79 Å². The monoisotopic (exact) mass is 102 g/mol. The van der Waals surface area contributed by atoms with Gasteiger partial charge in [-0.1, -0.05) is 0 Å². The molecule has 0 aromatic carbocycles. The van der Waals surface area contributed by atoms with Gasteiger partial charge in [0.2, 0.25) is 5.89 Å². The van der Waals surface area contributed by atoms with Crippen LogP contribution in [0.1, 0.15) is 7.32 Å². The van der Waals surface area contributed by atoms with Crippen molar-refractivity contribution in [2.24, 2.45) is 0 Å². The largest absolute Gasteiger partial charge is 0.377 e. The van der Waals surface area contributed by atoms with E-state index in [4.69, 9.17) is 0 Å². The predicted molar refractivity (Wildman–Crippen MR) is 24.0 cm³/mol. The van der Waals surface area contributed by atoms with E-state index < -0.39 is 5.69 Å². The molecule has 0 amide bonds. The van der Waals surface area contributed by atoms with Crippen LogP contribution in [0.25, 0.3) is 0 Å². The Balaban J connectivity index is 0.000000490. The first-order valence-electron chi connectivity index (χ1n) is 1.81. The summed E-state index contributed by atoms with van der Waals surface area (Å²) in [6, 6.07) is 0. The van der Waals surface area contributed by atoms with Crippen molar-refractivity contribution in [3.05, 3.63) is 16.4 Å². The highest BCUT2D eigenvalue weighted by Gasteiger charge is 1.87. The number of aromatic nitrogens is 2. The second-order valence-electron chi connectivity index (χ2n) is 1.14. The Morgan fingerprint density at radius 1 is 2.00 bits per heavy atom. The summed E-state index contributed by atoms with van der Waals surface area (Å²) in [7, 11) is 0. The molecule has 1 N–H and O–H groups in total. The molecule has 40 valence electrons. The van der Waals surface area contributed by atoms with E-state index in [-0.39, 0.29) is 1.43 Å². The first-order chi connectivity index (χ1) is 3.29. The summed E-state index contributed by atoms with van der Waals surface area (Å²) in [6.45, 7) is 1.60. The molecule has 0 fully saturated rings. The van der Waals surface area contributed by atoms with Crippen molar-refractivity contribution in [3.63, 3.8) is 0 Å². The number of rotatable bonds is 0. The van der Waals surface area contributed by atoms with E-state index in [0.717, 1.165) is 0 Å². The van der Waals surface area contributed by atoms with Crippen molar-refractivity contribution in [1.82, 2.24) is 10.1 Å². The molecule has 0 saturated heterocycles. The highest BCUT2D eigenvalue weighted by molar-refractivity contribution is 4.64. The van der Waals surface area contributed by atoms with Crippen molar-refractivity contribution in [1.29, 1.82) is 0 Å². The minimum atomic E-state index is -0.433. The summed E-state index contributed by atoms with van der Waals surface area (Å²) in [5, 5.41) is 2.03. The van der Waals surface area contributed by atoms with E-state index in [0.29, 0.717) is 5.89 Å². The van der Waals surface area contributed by atoms with Gasteiger partial charge in [-0.15, -0.1) is 0 Å². The van der Waals surface area contributed by atoms with E-state index in [1.165, 1.54) is 0 Å². The summed E-state index contributed by atoms with van der Waals surface area (Å²) in [4.78, 5) is 13.4. The summed E-state index contributed by atoms with van der Waals surface area (Å²) in [6.07, 6.45) is 0. The molecule has 0 radical (unpaired) electrons. The average Bonchev–Trinajstić information content (AvgIpc) is 1.87. The number of hydrogen-bond donors (Lipinski definition) is 1. The Hall–Kier alpha value is -1.06. The molecule has 4 heteroatoms. The molecule has 0 aliphatic carbocycles. The maximum absolute atomic E-state index is 10.0. The molecule has 1 heterocycles. The molecular formula is C3H6N2O2. The van der Waals surface area contributed by atoms with E-state index in [2.05, 4.69) is 9.51 Å². The smallest absolute Gasteiger partial charge is 0.362 e. The third-order valence-electron chi connectivity index (χ3n) is 0.545. The van der Waals surface area contributed by atoms with Gasteiger partial charge < -0.3 is 4.52 Å². The standard InChI is InChI=1S/C3H4N2O2.H2/c1-2-4-3(6)5-7-2;/h1H3,(H,5,6);1H. The molecule has 1 aromatic rings. The van der Waals surface area contributed by atoms with E-state index >= 15 is 0 Å². The lowest BCUT2D eigenvalue weighted by molar-refractivity contribution is 0.388. The third kappa shape index (κ3) is 0.677. The van der Waals surface area contributed by atoms with Crippen LogP contribution >= 0.6 is 0 Å². The maximum atomic E-state index is 10.0. The van der Waals surface area contributed by atoms with Crippen molar-refractivity contribution in [3.8, 4) is 0 Å². The van der Waals surface area contributed by atoms with Gasteiger partial charge in [-0.3, -0.25) is 0 Å². The van der Waals surface area contributed by atoms with Crippen LogP contribution in [0.15, 0.2) is 9.32 Å². The Morgan fingerprint density at radius 3 is 2.86 bits per heavy atom. The van der Waals surface area contributed by atoms with Crippen LogP contribution in [-0.2, 0) is 0 Å². The Labute approximate surface area is 40.6 Å². The second-order valence-corrected chi connectivity index (χ2v) is 1.14. The molecule has 1 rings (SSSR count). The first kappa shape index (κ1) is 4.11. The molecule has 0 spiro atoms. The summed E-state index contributed by atoms with van der Waals surface area (Å²) >= 11 is 0. The van der Waals surface area contributed by atoms with Crippen molar-refractivity contribution in [2.45, 2.75) is 6.92 Å². The van der Waals surface area contributed by atoms with Gasteiger partial charge in [-0.2, -0.15) is 10.1 Å². The van der Waals surface area contributed by atoms with E-state index in [1.807, 2.05) is 5.16 Å². The Kier molecular flexibility index (Phi) is 0.714. The van der Waals surface area contributed by atoms with Crippen LogP contribution in [0.2, 0.25) is 0 Å². The molecule has 1 aromatic heterocycles. The zero-order valence-corrected chi connectivity index (χ0v) is 3.76. The van der Waals surface area contributed by atoms with Gasteiger partial charge in [0.25, 0.3) is 0 Å². The molecule has 0 aliphatic rings. The highest BCUT2D eigenvalue weighted by atomic mass is 16.5. The Morgan fingerprint density at radius 2 is 2.71 bits per heavy atom. The zero-order chi connectivity index (χ0) is 5.28. The van der Waals surface area contributed by atoms with Crippen LogP contribution in [-0.4, -0.2) is 10.1 Å². The van der Waals surface area contributed by atoms with Gasteiger partial charge in [0.1, 0.15) is 0 Å². The fourth-order valence-corrected chi connectivity index (χ4v) is 0.306. The quantitative estimate of drug-likeness (QED) is 0.498. The van der Waals surface area contributed by atoms with Gasteiger partial charge in [0, 0.05) is 8.35 Å². The molecule has 0 bridgehead atoms. The van der Waals surface area contributed by atoms with Crippen LogP contribution in [0.3, 0.4) is 0 Å². The maximum Gasteiger partial charge on any atom is 0.377 e. The fraction of sp³-hybridized carbons (Fsp3) is 0.333. The lowest BCUT2D eigenvalue weighted by atomic mass is 10.8. The lowest BCUT2D eigenvalue weighted by Gasteiger charge is -1.64. The minimum Gasteiger partial charge on any atom is -0.362 e. The summed E-state index contributed by atoms with van der Waals surface area (Å²) in [5.74, 6) is 0.366. The SMILES string of the molecule is Cc1nc(=O)[nH]o1.[HH]. The third-order valence-corrected chi connectivity index (χ3v) is 0.545. The number of nitrogens with zero attached hydrogens (tertiary/aromatic N) is 1. The zero-order valence-electron chi connectivity index (χ0n) is 3.76. The topological polar surface area (TPSA) is 58.9 Å². The number of nitrogens with one attached hydrogen (secondary N) is 1. The van der Waals surface area contributed by atoms with Gasteiger partial charge >= 0.3 is 5.69 Å². The molecule has 0 saturated carbocycles. The van der Waals surface area contributed by atoms with Gasteiger partial charge in [0.15, 0.2) is 0 Å². The molecule has 4 nitrogen and oxygen atoms in total. The average molecular weight is 102 g/mol. The minimum absolute atomic E-state index is 0. The Bertz CT molecular complexity index is 203. The van der Waals surface area contributed by atoms with Gasteiger partial charge in [0.05, 0.1) is 0 Å². The summed E-state index contributed by atoms with van der Waals surface area (Å²) < 4.78 is 4.42. The van der Waals surface area contributed by atoms with Crippen molar-refractivity contribution < 1.29 is 5.95 Å². The second kappa shape index (κ2) is 1.22. The van der Waals surface area contributed by atoms with Gasteiger partial charge in [-0.05, 0) is 0 Å². The summed E-state index contributed by atoms with van der Waals surface area (Å²) in [5.41, 5.74) is -0.433. The van der Waals surface area contributed by atoms with Crippen molar-refractivity contribution >= 4 is 0 Å². The number of hydrogen-bond acceptors (Lipinski definition) is 3. The number of aryl methyl sites for hydroxylation is 1.